The standard InChI is InChI=1S/C32H36N2O3/c1-33-30(35)29(31(36)34-2)26-7-6-22-13-23(4-5-24(22)14-26)25-8-9-28(37-3)27(15-25)32-16-19-10-20(17-32)12-21(11-19)18-32/h4-9,13-15,19-21,29H,10-12,16-18H2,1-3H3,(H,33,35)(H,34,36). The molecule has 2 N–H and O–H groups in total. The highest BCUT2D eigenvalue weighted by molar-refractivity contribution is 6.06. The maximum absolute atomic E-state index is 12.4. The van der Waals surface area contributed by atoms with Crippen LogP contribution < -0.4 is 15.4 Å². The summed E-state index contributed by atoms with van der Waals surface area (Å²) in [6.07, 6.45) is 8.18. The van der Waals surface area contributed by atoms with Crippen LogP contribution in [-0.2, 0) is 15.0 Å². The number of carbonyl (C=O) groups is 2. The molecule has 3 aromatic rings. The number of amides is 2. The van der Waals surface area contributed by atoms with Gasteiger partial charge in [-0.3, -0.25) is 9.59 Å². The molecule has 0 saturated heterocycles. The van der Waals surface area contributed by atoms with Crippen molar-refractivity contribution in [3.8, 4) is 16.9 Å². The lowest BCUT2D eigenvalue weighted by Crippen LogP contribution is -2.48. The summed E-state index contributed by atoms with van der Waals surface area (Å²) in [5, 5.41) is 7.31. The van der Waals surface area contributed by atoms with Gasteiger partial charge in [0.2, 0.25) is 11.8 Å². The number of hydrogen-bond acceptors (Lipinski definition) is 3. The molecule has 5 heteroatoms. The Labute approximate surface area is 219 Å². The molecule has 0 spiro atoms. The van der Waals surface area contributed by atoms with Gasteiger partial charge in [-0.05, 0) is 113 Å². The largest absolute Gasteiger partial charge is 0.496 e. The van der Waals surface area contributed by atoms with E-state index >= 15 is 0 Å². The number of hydrogen-bond donors (Lipinski definition) is 2. The number of rotatable bonds is 6. The number of fused-ring (bicyclic) bond motifs is 1. The molecule has 37 heavy (non-hydrogen) atoms. The number of nitrogens with one attached hydrogen (secondary N) is 2. The molecule has 0 radical (unpaired) electrons. The van der Waals surface area contributed by atoms with Crippen LogP contribution in [0.4, 0.5) is 0 Å². The smallest absolute Gasteiger partial charge is 0.236 e. The minimum Gasteiger partial charge on any atom is -0.496 e. The minimum atomic E-state index is -0.872. The normalized spacial score (nSPS) is 25.9. The highest BCUT2D eigenvalue weighted by atomic mass is 16.5. The minimum absolute atomic E-state index is 0.260. The first-order valence-corrected chi connectivity index (χ1v) is 13.6. The van der Waals surface area contributed by atoms with Gasteiger partial charge in [-0.2, -0.15) is 0 Å². The van der Waals surface area contributed by atoms with Crippen molar-refractivity contribution in [2.45, 2.75) is 49.9 Å². The Hall–Kier alpha value is -3.34. The molecule has 4 saturated carbocycles. The molecule has 4 bridgehead atoms. The van der Waals surface area contributed by atoms with Crippen molar-refractivity contribution in [2.24, 2.45) is 17.8 Å². The average Bonchev–Trinajstić information content (AvgIpc) is 2.91. The Kier molecular flexibility index (Phi) is 5.97. The molecule has 4 aliphatic carbocycles. The number of ether oxygens (including phenoxy) is 1. The van der Waals surface area contributed by atoms with Gasteiger partial charge in [0.15, 0.2) is 0 Å². The summed E-state index contributed by atoms with van der Waals surface area (Å²) in [7, 11) is 4.91. The van der Waals surface area contributed by atoms with E-state index in [9.17, 15) is 9.59 Å². The maximum Gasteiger partial charge on any atom is 0.236 e. The summed E-state index contributed by atoms with van der Waals surface area (Å²) in [5.74, 6) is 2.17. The Morgan fingerprint density at radius 3 is 1.92 bits per heavy atom. The van der Waals surface area contributed by atoms with Gasteiger partial charge < -0.3 is 15.4 Å². The molecule has 0 heterocycles. The maximum atomic E-state index is 12.4. The van der Waals surface area contributed by atoms with E-state index in [-0.39, 0.29) is 17.2 Å². The highest BCUT2D eigenvalue weighted by Gasteiger charge is 2.52. The van der Waals surface area contributed by atoms with E-state index in [0.717, 1.165) is 34.3 Å². The Bertz CT molecular complexity index is 1330. The van der Waals surface area contributed by atoms with E-state index in [4.69, 9.17) is 4.74 Å². The number of likely N-dealkylation sites (N-methyl/N-ethyl adjacent to an activating group) is 2. The van der Waals surface area contributed by atoms with Crippen LogP contribution in [0.1, 0.15) is 55.6 Å². The molecule has 7 rings (SSSR count). The summed E-state index contributed by atoms with van der Waals surface area (Å²) in [4.78, 5) is 24.8. The molecule has 4 aliphatic rings. The molecular weight excluding hydrogens is 460 g/mol. The second-order valence-corrected chi connectivity index (χ2v) is 11.6. The fourth-order valence-corrected chi connectivity index (χ4v) is 8.08. The van der Waals surface area contributed by atoms with Gasteiger partial charge in [-0.25, -0.2) is 0 Å². The van der Waals surface area contributed by atoms with E-state index in [0.29, 0.717) is 5.56 Å². The van der Waals surface area contributed by atoms with Crippen LogP contribution in [0, 0.1) is 17.8 Å². The first-order valence-electron chi connectivity index (χ1n) is 13.6. The SMILES string of the molecule is CNC(=O)C(C(=O)NC)c1ccc2cc(-c3ccc(OC)c(C45CC6CC(CC(C6)C4)C5)c3)ccc2c1. The fourth-order valence-electron chi connectivity index (χ4n) is 8.08. The number of benzene rings is 3. The van der Waals surface area contributed by atoms with Crippen LogP contribution in [0.2, 0.25) is 0 Å². The topological polar surface area (TPSA) is 67.4 Å². The van der Waals surface area contributed by atoms with Gasteiger partial charge in [-0.1, -0.05) is 30.3 Å². The van der Waals surface area contributed by atoms with E-state index in [1.807, 2.05) is 18.2 Å². The molecule has 0 unspecified atom stereocenters. The van der Waals surface area contributed by atoms with Crippen LogP contribution >= 0.6 is 0 Å². The molecule has 192 valence electrons. The molecular formula is C32H36N2O3. The molecule has 2 amide bonds. The third-order valence-electron chi connectivity index (χ3n) is 9.36. The van der Waals surface area contributed by atoms with Crippen molar-refractivity contribution < 1.29 is 14.3 Å². The van der Waals surface area contributed by atoms with E-state index < -0.39 is 5.92 Å². The third kappa shape index (κ3) is 4.09. The second-order valence-electron chi connectivity index (χ2n) is 11.6. The van der Waals surface area contributed by atoms with Crippen LogP contribution in [0.25, 0.3) is 21.9 Å². The first kappa shape index (κ1) is 24.0. The van der Waals surface area contributed by atoms with Crippen LogP contribution in [0.5, 0.6) is 5.75 Å². The van der Waals surface area contributed by atoms with Crippen molar-refractivity contribution in [2.75, 3.05) is 21.2 Å². The monoisotopic (exact) mass is 496 g/mol. The summed E-state index contributed by atoms with van der Waals surface area (Å²) in [5.41, 5.74) is 4.74. The lowest BCUT2D eigenvalue weighted by Gasteiger charge is -2.57. The van der Waals surface area contributed by atoms with Gasteiger partial charge >= 0.3 is 0 Å². The zero-order valence-electron chi connectivity index (χ0n) is 22.0. The zero-order chi connectivity index (χ0) is 25.7. The van der Waals surface area contributed by atoms with Gasteiger partial charge in [0.05, 0.1) is 7.11 Å². The average molecular weight is 497 g/mol. The van der Waals surface area contributed by atoms with Crippen molar-refractivity contribution in [1.29, 1.82) is 0 Å². The van der Waals surface area contributed by atoms with E-state index in [1.165, 1.54) is 55.2 Å². The molecule has 0 aliphatic heterocycles. The van der Waals surface area contributed by atoms with Gasteiger partial charge in [0, 0.05) is 19.7 Å². The molecule has 3 aromatic carbocycles. The molecule has 4 fully saturated rings. The van der Waals surface area contributed by atoms with Crippen molar-refractivity contribution in [1.82, 2.24) is 10.6 Å². The van der Waals surface area contributed by atoms with E-state index in [2.05, 4.69) is 47.0 Å². The lowest BCUT2D eigenvalue weighted by atomic mass is 9.48. The Morgan fingerprint density at radius 1 is 0.784 bits per heavy atom. The van der Waals surface area contributed by atoms with E-state index in [1.54, 1.807) is 21.2 Å². The number of carbonyl (C=O) groups excluding carboxylic acids is 2. The lowest BCUT2D eigenvalue weighted by molar-refractivity contribution is -0.131. The van der Waals surface area contributed by atoms with Crippen molar-refractivity contribution in [3.63, 3.8) is 0 Å². The predicted octanol–water partition coefficient (Wildman–Crippen LogP) is 5.56. The number of methoxy groups -OCH3 is 1. The zero-order valence-corrected chi connectivity index (χ0v) is 22.0. The predicted molar refractivity (Wildman–Crippen MR) is 147 cm³/mol. The Balaban J connectivity index is 1.36. The first-order chi connectivity index (χ1) is 17.9. The highest BCUT2D eigenvalue weighted by Crippen LogP contribution is 2.62. The Morgan fingerprint density at radius 2 is 1.32 bits per heavy atom. The molecule has 0 atom stereocenters. The van der Waals surface area contributed by atoms with Crippen molar-refractivity contribution in [3.05, 3.63) is 65.7 Å². The van der Waals surface area contributed by atoms with Gasteiger partial charge in [0.1, 0.15) is 11.7 Å². The fraction of sp³-hybridized carbons (Fsp3) is 0.438. The summed E-state index contributed by atoms with van der Waals surface area (Å²) in [6, 6.07) is 19.0. The summed E-state index contributed by atoms with van der Waals surface area (Å²) < 4.78 is 5.92. The van der Waals surface area contributed by atoms with Gasteiger partial charge in [-0.15, -0.1) is 0 Å². The summed E-state index contributed by atoms with van der Waals surface area (Å²) >= 11 is 0. The molecule has 5 nitrogen and oxygen atoms in total. The van der Waals surface area contributed by atoms with Crippen LogP contribution in [0.3, 0.4) is 0 Å². The quantitative estimate of drug-likeness (QED) is 0.439. The van der Waals surface area contributed by atoms with Gasteiger partial charge in [0.25, 0.3) is 0 Å². The molecule has 0 aromatic heterocycles. The van der Waals surface area contributed by atoms with Crippen LogP contribution in [-0.4, -0.2) is 33.0 Å². The van der Waals surface area contributed by atoms with Crippen LogP contribution in [0.15, 0.2) is 54.6 Å². The summed E-state index contributed by atoms with van der Waals surface area (Å²) in [6.45, 7) is 0. The third-order valence-corrected chi connectivity index (χ3v) is 9.36. The second kappa shape index (κ2) is 9.20. The van der Waals surface area contributed by atoms with Crippen molar-refractivity contribution >= 4 is 22.6 Å².